The Balaban J connectivity index is 0.000000587. The van der Waals surface area contributed by atoms with Gasteiger partial charge in [0.25, 0.3) is 0 Å². The highest BCUT2D eigenvalue weighted by atomic mass is 35.5. The molecule has 4 rings (SSSR count). The highest BCUT2D eigenvalue weighted by Gasteiger charge is 2.38. The topological polar surface area (TPSA) is 169 Å². The Bertz CT molecular complexity index is 1890. The molecule has 0 aliphatic carbocycles. The lowest BCUT2D eigenvalue weighted by Gasteiger charge is -2.26. The Morgan fingerprint density at radius 3 is 2.00 bits per heavy atom. The van der Waals surface area contributed by atoms with Crippen molar-refractivity contribution in [2.45, 2.75) is 12.4 Å². The van der Waals surface area contributed by atoms with Crippen LogP contribution in [0, 0.1) is 0 Å². The number of hydrogen-bond acceptors (Lipinski definition) is 10. The van der Waals surface area contributed by atoms with Gasteiger partial charge in [0.2, 0.25) is 11.9 Å². The van der Waals surface area contributed by atoms with Gasteiger partial charge in [0.15, 0.2) is 5.82 Å². The number of amides is 1. The first-order valence-electron chi connectivity index (χ1n) is 14.8. The molecule has 0 spiro atoms. The Morgan fingerprint density at radius 1 is 0.887 bits per heavy atom. The molecule has 20 heteroatoms. The molecule has 0 bridgehead atoms. The highest BCUT2D eigenvalue weighted by Crippen LogP contribution is 2.38. The average Bonchev–Trinajstić information content (AvgIpc) is 3.08. The summed E-state index contributed by atoms with van der Waals surface area (Å²) in [5.74, 6) is -4.53. The SMILES string of the molecule is C=CC(=O)Nc1cc(Nc2ncc(Cl)c(Nc3ccc4ccccc4c3)n2)c(OC)cc1N(C)CCN(C)C.O=C(O)C(F)(F)F.O=C(O)C(F)(F)F. The van der Waals surface area contributed by atoms with E-state index in [0.29, 0.717) is 33.9 Å². The van der Waals surface area contributed by atoms with Gasteiger partial charge in [0.1, 0.15) is 10.8 Å². The molecule has 0 saturated heterocycles. The number of ether oxygens (including phenoxy) is 1. The maximum Gasteiger partial charge on any atom is 0.490 e. The van der Waals surface area contributed by atoms with Gasteiger partial charge in [-0.15, -0.1) is 0 Å². The van der Waals surface area contributed by atoms with E-state index in [4.69, 9.17) is 36.1 Å². The van der Waals surface area contributed by atoms with Crippen molar-refractivity contribution in [2.24, 2.45) is 0 Å². The van der Waals surface area contributed by atoms with Crippen molar-refractivity contribution in [1.29, 1.82) is 0 Å². The predicted octanol–water partition coefficient (Wildman–Crippen LogP) is 7.17. The van der Waals surface area contributed by atoms with E-state index in [1.165, 1.54) is 12.3 Å². The standard InChI is InChI=1S/C29H32ClN7O2.2C2HF3O2/c1-6-27(38)33-23-16-24(26(39-5)17-25(23)37(4)14-13-36(2)3)34-29-31-18-22(30)28(35-29)32-21-12-11-19-9-7-8-10-20(19)15-21;2*3-2(4,5)1(6)7/h6-12,15-18H,1,13-14H2,2-5H3,(H,33,38)(H2,31,32,34,35);2*(H,6,7). The first-order chi connectivity index (χ1) is 24.7. The molecule has 0 aliphatic heterocycles. The third-order valence-corrected chi connectivity index (χ3v) is 6.82. The van der Waals surface area contributed by atoms with Gasteiger partial charge < -0.3 is 40.7 Å². The fraction of sp³-hybridized carbons (Fsp3) is 0.242. The van der Waals surface area contributed by atoms with Gasteiger partial charge in [-0.3, -0.25) is 4.79 Å². The molecule has 0 atom stereocenters. The molecule has 3 aromatic carbocycles. The second-order valence-electron chi connectivity index (χ2n) is 10.8. The van der Waals surface area contributed by atoms with E-state index in [1.807, 2.05) is 63.6 Å². The highest BCUT2D eigenvalue weighted by molar-refractivity contribution is 6.33. The Kier molecular flexibility index (Phi) is 15.7. The van der Waals surface area contributed by atoms with E-state index in [0.717, 1.165) is 35.2 Å². The Morgan fingerprint density at radius 2 is 1.47 bits per heavy atom. The first kappa shape index (κ1) is 43.3. The van der Waals surface area contributed by atoms with Crippen molar-refractivity contribution in [3.05, 3.63) is 78.5 Å². The molecule has 0 aliphatic rings. The minimum Gasteiger partial charge on any atom is -0.494 e. The van der Waals surface area contributed by atoms with Crippen molar-refractivity contribution in [3.63, 3.8) is 0 Å². The largest absolute Gasteiger partial charge is 0.494 e. The van der Waals surface area contributed by atoms with Crippen LogP contribution < -0.4 is 25.6 Å². The van der Waals surface area contributed by atoms with E-state index in [2.05, 4.69) is 48.4 Å². The summed E-state index contributed by atoms with van der Waals surface area (Å²) < 4.78 is 69.2. The van der Waals surface area contributed by atoms with Crippen LogP contribution >= 0.6 is 11.6 Å². The molecule has 0 unspecified atom stereocenters. The summed E-state index contributed by atoms with van der Waals surface area (Å²) in [7, 11) is 7.57. The number of alkyl halides is 6. The summed E-state index contributed by atoms with van der Waals surface area (Å²) in [6, 6.07) is 17.8. The third kappa shape index (κ3) is 14.0. The molecule has 5 N–H and O–H groups in total. The van der Waals surface area contributed by atoms with Crippen molar-refractivity contribution in [1.82, 2.24) is 14.9 Å². The molecular weight excluding hydrogens is 740 g/mol. The van der Waals surface area contributed by atoms with Gasteiger partial charge in [-0.2, -0.15) is 31.3 Å². The summed E-state index contributed by atoms with van der Waals surface area (Å²) in [6.45, 7) is 5.14. The van der Waals surface area contributed by atoms with Gasteiger partial charge in [-0.25, -0.2) is 14.6 Å². The number of methoxy groups -OCH3 is 1. The van der Waals surface area contributed by atoms with Crippen LogP contribution in [0.2, 0.25) is 5.02 Å². The molecule has 1 aromatic heterocycles. The minimum absolute atomic E-state index is 0.302. The van der Waals surface area contributed by atoms with Crippen LogP contribution in [0.25, 0.3) is 10.8 Å². The molecular formula is C33H34ClF6N7O6. The summed E-state index contributed by atoms with van der Waals surface area (Å²) in [4.78, 5) is 43.1. The van der Waals surface area contributed by atoms with Gasteiger partial charge in [0, 0.05) is 31.9 Å². The zero-order valence-corrected chi connectivity index (χ0v) is 29.2. The number of halogens is 7. The Hall–Kier alpha value is -5.82. The number of carbonyl (C=O) groups excluding carboxylic acids is 1. The zero-order valence-electron chi connectivity index (χ0n) is 28.4. The number of carbonyl (C=O) groups is 3. The van der Waals surface area contributed by atoms with Gasteiger partial charge >= 0.3 is 24.3 Å². The maximum absolute atomic E-state index is 12.2. The fourth-order valence-electron chi connectivity index (χ4n) is 3.95. The second kappa shape index (κ2) is 19.1. The average molecular weight is 774 g/mol. The van der Waals surface area contributed by atoms with Crippen molar-refractivity contribution in [2.75, 3.05) is 62.2 Å². The van der Waals surface area contributed by atoms with Crippen LogP contribution in [0.1, 0.15) is 0 Å². The van der Waals surface area contributed by atoms with Crippen LogP contribution in [-0.4, -0.2) is 96.6 Å². The molecule has 13 nitrogen and oxygen atoms in total. The van der Waals surface area contributed by atoms with Gasteiger partial charge in [0.05, 0.1) is 30.4 Å². The number of nitrogens with zero attached hydrogens (tertiary/aromatic N) is 4. The van der Waals surface area contributed by atoms with Crippen LogP contribution in [0.5, 0.6) is 5.75 Å². The normalized spacial score (nSPS) is 10.9. The predicted molar refractivity (Wildman–Crippen MR) is 189 cm³/mol. The molecule has 0 radical (unpaired) electrons. The lowest BCUT2D eigenvalue weighted by molar-refractivity contribution is -0.193. The van der Waals surface area contributed by atoms with Crippen LogP contribution in [-0.2, 0) is 14.4 Å². The van der Waals surface area contributed by atoms with E-state index in [1.54, 1.807) is 13.2 Å². The lowest BCUT2D eigenvalue weighted by Crippen LogP contribution is -2.29. The Labute approximate surface area is 303 Å². The number of fused-ring (bicyclic) bond motifs is 1. The number of benzene rings is 3. The molecule has 1 heterocycles. The molecule has 53 heavy (non-hydrogen) atoms. The smallest absolute Gasteiger partial charge is 0.490 e. The number of likely N-dealkylation sites (N-methyl/N-ethyl adjacent to an activating group) is 2. The first-order valence-corrected chi connectivity index (χ1v) is 15.2. The fourth-order valence-corrected chi connectivity index (χ4v) is 4.08. The number of carboxylic acid groups (broad SMARTS) is 2. The van der Waals surface area contributed by atoms with Crippen LogP contribution in [0.15, 0.2) is 73.4 Å². The molecule has 286 valence electrons. The van der Waals surface area contributed by atoms with E-state index in [9.17, 15) is 31.1 Å². The summed E-state index contributed by atoms with van der Waals surface area (Å²) >= 11 is 6.43. The number of nitrogens with one attached hydrogen (secondary N) is 3. The van der Waals surface area contributed by atoms with Crippen LogP contribution in [0.4, 0.5) is 60.9 Å². The lowest BCUT2D eigenvalue weighted by atomic mass is 10.1. The maximum atomic E-state index is 12.2. The number of carboxylic acids is 2. The molecule has 1 amide bonds. The second-order valence-corrected chi connectivity index (χ2v) is 11.2. The minimum atomic E-state index is -5.08. The number of anilines is 6. The van der Waals surface area contributed by atoms with Crippen molar-refractivity contribution >= 4 is 74.7 Å². The number of rotatable bonds is 11. The number of aliphatic carboxylic acids is 2. The summed E-state index contributed by atoms with van der Waals surface area (Å²) in [5, 5.41) is 26.2. The van der Waals surface area contributed by atoms with E-state index < -0.39 is 24.3 Å². The number of hydrogen-bond donors (Lipinski definition) is 5. The monoisotopic (exact) mass is 773 g/mol. The van der Waals surface area contributed by atoms with E-state index >= 15 is 0 Å². The molecule has 0 fully saturated rings. The molecule has 0 saturated carbocycles. The third-order valence-electron chi connectivity index (χ3n) is 6.54. The van der Waals surface area contributed by atoms with E-state index in [-0.39, 0.29) is 5.91 Å². The zero-order chi connectivity index (χ0) is 40.1. The summed E-state index contributed by atoms with van der Waals surface area (Å²) in [5.41, 5.74) is 2.80. The summed E-state index contributed by atoms with van der Waals surface area (Å²) in [6.07, 6.45) is -7.41. The van der Waals surface area contributed by atoms with Gasteiger partial charge in [-0.05, 0) is 49.1 Å². The number of aromatic nitrogens is 2. The van der Waals surface area contributed by atoms with Crippen molar-refractivity contribution < 1.29 is 55.7 Å². The molecule has 4 aromatic rings. The van der Waals surface area contributed by atoms with Crippen molar-refractivity contribution in [3.8, 4) is 5.75 Å². The quantitative estimate of drug-likeness (QED) is 0.0771. The van der Waals surface area contributed by atoms with Crippen LogP contribution in [0.3, 0.4) is 0 Å². The van der Waals surface area contributed by atoms with Gasteiger partial charge in [-0.1, -0.05) is 48.5 Å².